The number of aryl methyl sites for hydroxylation is 1. The van der Waals surface area contributed by atoms with Gasteiger partial charge in [0.15, 0.2) is 0 Å². The fraction of sp³-hybridized carbons (Fsp3) is 0.517. The van der Waals surface area contributed by atoms with Gasteiger partial charge in [-0.05, 0) is 55.7 Å². The summed E-state index contributed by atoms with van der Waals surface area (Å²) in [5.41, 5.74) is 3.21. The van der Waals surface area contributed by atoms with Gasteiger partial charge < -0.3 is 9.80 Å². The molecule has 33 heavy (non-hydrogen) atoms. The third kappa shape index (κ3) is 4.44. The molecule has 0 radical (unpaired) electrons. The highest BCUT2D eigenvalue weighted by Crippen LogP contribution is 2.38. The number of piperidine rings is 1. The molecule has 2 aromatic rings. The van der Waals surface area contributed by atoms with Crippen molar-refractivity contribution in [2.75, 3.05) is 24.5 Å². The van der Waals surface area contributed by atoms with Gasteiger partial charge in [0.1, 0.15) is 0 Å². The van der Waals surface area contributed by atoms with Gasteiger partial charge >= 0.3 is 0 Å². The maximum Gasteiger partial charge on any atom is 0.230 e. The molecule has 1 amide bonds. The third-order valence-electron chi connectivity index (χ3n) is 8.27. The first-order valence-electron chi connectivity index (χ1n) is 12.8. The Balaban J connectivity index is 1.32. The Labute approximate surface area is 198 Å². The van der Waals surface area contributed by atoms with Crippen molar-refractivity contribution in [2.24, 2.45) is 5.92 Å². The summed E-state index contributed by atoms with van der Waals surface area (Å²) in [6.07, 6.45) is 9.46. The fourth-order valence-corrected chi connectivity index (χ4v) is 6.26. The first-order chi connectivity index (χ1) is 16.2. The molecule has 2 aromatic carbocycles. The van der Waals surface area contributed by atoms with E-state index in [0.29, 0.717) is 5.91 Å². The van der Waals surface area contributed by atoms with E-state index < -0.39 is 0 Å². The molecule has 0 bridgehead atoms. The summed E-state index contributed by atoms with van der Waals surface area (Å²) in [4.78, 5) is 18.4. The van der Waals surface area contributed by atoms with Crippen molar-refractivity contribution in [2.45, 2.75) is 69.2 Å². The number of carbonyl (C=O) groups is 1. The smallest absolute Gasteiger partial charge is 0.230 e. The predicted octanol–water partition coefficient (Wildman–Crippen LogP) is 5.47. The minimum atomic E-state index is -0.380. The van der Waals surface area contributed by atoms with Crippen LogP contribution in [0.25, 0.3) is 0 Å². The standard InChI is InChI=1S/C29H35N3O/c30-22-29(25-12-5-2-6-13-25)17-19-31(20-18-29)21-26-16-15-23-9-7-8-14-27(23)32(26)28(33)24-10-3-1-4-11-24/h2,5-9,12-14,24,26H,1,3-4,10-11,15-21H2. The summed E-state index contributed by atoms with van der Waals surface area (Å²) in [6.45, 7) is 2.72. The minimum absolute atomic E-state index is 0.179. The molecule has 5 rings (SSSR count). The highest BCUT2D eigenvalue weighted by molar-refractivity contribution is 5.97. The number of anilines is 1. The largest absolute Gasteiger partial charge is 0.308 e. The second kappa shape index (κ2) is 9.69. The van der Waals surface area contributed by atoms with E-state index in [1.165, 1.54) is 24.8 Å². The minimum Gasteiger partial charge on any atom is -0.308 e. The van der Waals surface area contributed by atoms with E-state index in [0.717, 1.165) is 69.4 Å². The topological polar surface area (TPSA) is 47.3 Å². The summed E-state index contributed by atoms with van der Waals surface area (Å²) in [5, 5.41) is 10.0. The molecule has 172 valence electrons. The molecule has 2 heterocycles. The van der Waals surface area contributed by atoms with Crippen LogP contribution in [0.1, 0.15) is 62.5 Å². The molecule has 3 aliphatic rings. The Hall–Kier alpha value is -2.64. The van der Waals surface area contributed by atoms with Crippen LogP contribution in [0, 0.1) is 17.2 Å². The zero-order chi connectivity index (χ0) is 22.7. The average molecular weight is 442 g/mol. The van der Waals surface area contributed by atoms with Crippen LogP contribution in [-0.4, -0.2) is 36.5 Å². The Morgan fingerprint density at radius 1 is 0.939 bits per heavy atom. The molecule has 1 atom stereocenters. The van der Waals surface area contributed by atoms with Crippen molar-refractivity contribution in [1.82, 2.24) is 4.90 Å². The summed E-state index contributed by atoms with van der Waals surface area (Å²) in [7, 11) is 0. The highest BCUT2D eigenvalue weighted by Gasteiger charge is 2.39. The second-order valence-electron chi connectivity index (χ2n) is 10.2. The summed E-state index contributed by atoms with van der Waals surface area (Å²) < 4.78 is 0. The molecule has 1 saturated heterocycles. The number of hydrogen-bond donors (Lipinski definition) is 0. The van der Waals surface area contributed by atoms with Crippen molar-refractivity contribution in [1.29, 1.82) is 5.26 Å². The molecule has 0 N–H and O–H groups in total. The van der Waals surface area contributed by atoms with Gasteiger partial charge in [-0.3, -0.25) is 4.79 Å². The number of fused-ring (bicyclic) bond motifs is 1. The van der Waals surface area contributed by atoms with Gasteiger partial charge in [-0.15, -0.1) is 0 Å². The number of nitriles is 1. The second-order valence-corrected chi connectivity index (χ2v) is 10.2. The molecule has 2 fully saturated rings. The quantitative estimate of drug-likeness (QED) is 0.632. The van der Waals surface area contributed by atoms with E-state index in [2.05, 4.69) is 52.3 Å². The number of carbonyl (C=O) groups excluding carboxylic acids is 1. The van der Waals surface area contributed by atoms with Crippen molar-refractivity contribution < 1.29 is 4.79 Å². The normalized spacial score (nSPS) is 23.5. The van der Waals surface area contributed by atoms with Crippen molar-refractivity contribution in [3.8, 4) is 6.07 Å². The molecule has 1 saturated carbocycles. The van der Waals surface area contributed by atoms with Crippen LogP contribution >= 0.6 is 0 Å². The first-order valence-corrected chi connectivity index (χ1v) is 12.8. The lowest BCUT2D eigenvalue weighted by atomic mass is 9.74. The molecule has 0 spiro atoms. The van der Waals surface area contributed by atoms with Crippen molar-refractivity contribution >= 4 is 11.6 Å². The van der Waals surface area contributed by atoms with Crippen LogP contribution in [0.5, 0.6) is 0 Å². The molecule has 1 unspecified atom stereocenters. The van der Waals surface area contributed by atoms with Gasteiger partial charge in [-0.1, -0.05) is 67.8 Å². The lowest BCUT2D eigenvalue weighted by Gasteiger charge is -2.44. The Morgan fingerprint density at radius 2 is 1.64 bits per heavy atom. The van der Waals surface area contributed by atoms with Crippen LogP contribution in [0.15, 0.2) is 54.6 Å². The summed E-state index contributed by atoms with van der Waals surface area (Å²) >= 11 is 0. The first kappa shape index (κ1) is 22.2. The Kier molecular flexibility index (Phi) is 6.51. The maximum absolute atomic E-state index is 13.8. The zero-order valence-corrected chi connectivity index (χ0v) is 19.6. The number of likely N-dealkylation sites (tertiary alicyclic amines) is 1. The molecule has 0 aromatic heterocycles. The van der Waals surface area contributed by atoms with Gasteiger partial charge in [0.2, 0.25) is 5.91 Å². The third-order valence-corrected chi connectivity index (χ3v) is 8.27. The summed E-state index contributed by atoms with van der Waals surface area (Å²) in [6, 6.07) is 21.7. The number of rotatable bonds is 4. The average Bonchev–Trinajstić information content (AvgIpc) is 2.90. The van der Waals surface area contributed by atoms with Crippen LogP contribution in [-0.2, 0) is 16.6 Å². The van der Waals surface area contributed by atoms with Crippen LogP contribution in [0.2, 0.25) is 0 Å². The van der Waals surface area contributed by atoms with E-state index in [1.807, 2.05) is 18.2 Å². The van der Waals surface area contributed by atoms with E-state index >= 15 is 0 Å². The Bertz CT molecular complexity index is 997. The predicted molar refractivity (Wildman–Crippen MR) is 132 cm³/mol. The molecule has 1 aliphatic carbocycles. The fourth-order valence-electron chi connectivity index (χ4n) is 6.26. The van der Waals surface area contributed by atoms with Gasteiger partial charge in [0, 0.05) is 37.3 Å². The lowest BCUT2D eigenvalue weighted by molar-refractivity contribution is -0.124. The molecule has 2 aliphatic heterocycles. The van der Waals surface area contributed by atoms with Crippen LogP contribution < -0.4 is 4.90 Å². The number of hydrogen-bond acceptors (Lipinski definition) is 3. The van der Waals surface area contributed by atoms with Crippen LogP contribution in [0.4, 0.5) is 5.69 Å². The highest BCUT2D eigenvalue weighted by atomic mass is 16.2. The van der Waals surface area contributed by atoms with Gasteiger partial charge in [-0.25, -0.2) is 0 Å². The SMILES string of the molecule is N#CC1(c2ccccc2)CCN(CC2CCc3ccccc3N2C(=O)C2CCCCC2)CC1. The van der Waals surface area contributed by atoms with Crippen molar-refractivity contribution in [3.05, 3.63) is 65.7 Å². The monoisotopic (exact) mass is 441 g/mol. The van der Waals surface area contributed by atoms with Gasteiger partial charge in [0.25, 0.3) is 0 Å². The van der Waals surface area contributed by atoms with Crippen LogP contribution in [0.3, 0.4) is 0 Å². The lowest BCUT2D eigenvalue weighted by Crippen LogP contribution is -2.53. The zero-order valence-electron chi connectivity index (χ0n) is 19.6. The Morgan fingerprint density at radius 3 is 2.36 bits per heavy atom. The number of para-hydroxylation sites is 1. The van der Waals surface area contributed by atoms with E-state index in [1.54, 1.807) is 0 Å². The molecular weight excluding hydrogens is 406 g/mol. The van der Waals surface area contributed by atoms with E-state index in [-0.39, 0.29) is 17.4 Å². The van der Waals surface area contributed by atoms with Crippen molar-refractivity contribution in [3.63, 3.8) is 0 Å². The molecule has 4 nitrogen and oxygen atoms in total. The van der Waals surface area contributed by atoms with E-state index in [9.17, 15) is 10.1 Å². The summed E-state index contributed by atoms with van der Waals surface area (Å²) in [5.74, 6) is 0.526. The van der Waals surface area contributed by atoms with Gasteiger partial charge in [-0.2, -0.15) is 5.26 Å². The van der Waals surface area contributed by atoms with E-state index in [4.69, 9.17) is 0 Å². The molecule has 4 heteroatoms. The van der Waals surface area contributed by atoms with Gasteiger partial charge in [0.05, 0.1) is 11.5 Å². The maximum atomic E-state index is 13.8. The molecular formula is C29H35N3O. The number of amides is 1. The number of benzene rings is 2. The number of nitrogens with zero attached hydrogens (tertiary/aromatic N) is 3.